The highest BCUT2D eigenvalue weighted by Crippen LogP contribution is 2.29. The molecule has 0 radical (unpaired) electrons. The number of fused-ring (bicyclic) bond motifs is 1. The lowest BCUT2D eigenvalue weighted by molar-refractivity contribution is 0.0398. The lowest BCUT2D eigenvalue weighted by Crippen LogP contribution is -2.39. The average molecular weight is 423 g/mol. The van der Waals surface area contributed by atoms with Crippen LogP contribution in [0.3, 0.4) is 0 Å². The fourth-order valence-electron chi connectivity index (χ4n) is 3.24. The van der Waals surface area contributed by atoms with Crippen LogP contribution in [0.5, 0.6) is 0 Å². The van der Waals surface area contributed by atoms with Crippen LogP contribution in [-0.2, 0) is 4.74 Å². The topological polar surface area (TPSA) is 114 Å². The molecule has 2 aromatic heterocycles. The summed E-state index contributed by atoms with van der Waals surface area (Å²) < 4.78 is 6.88. The first-order valence-electron chi connectivity index (χ1n) is 9.48. The van der Waals surface area contributed by atoms with Crippen LogP contribution >= 0.6 is 11.6 Å². The van der Waals surface area contributed by atoms with Crippen molar-refractivity contribution in [3.8, 4) is 12.1 Å². The Bertz CT molecular complexity index is 1120. The number of rotatable bonds is 6. The van der Waals surface area contributed by atoms with Crippen LogP contribution in [0.15, 0.2) is 30.5 Å². The first kappa shape index (κ1) is 19.9. The summed E-state index contributed by atoms with van der Waals surface area (Å²) in [6, 6.07) is 11.2. The largest absolute Gasteiger partial charge is 0.379 e. The molecule has 1 aliphatic heterocycles. The maximum absolute atomic E-state index is 9.86. The number of hydrogen-bond acceptors (Lipinski definition) is 8. The monoisotopic (exact) mass is 422 g/mol. The third-order valence-electron chi connectivity index (χ3n) is 4.82. The van der Waals surface area contributed by atoms with Gasteiger partial charge in [-0.25, -0.2) is 4.98 Å². The summed E-state index contributed by atoms with van der Waals surface area (Å²) in [4.78, 5) is 6.82. The van der Waals surface area contributed by atoms with Crippen molar-refractivity contribution in [2.24, 2.45) is 0 Å². The highest BCUT2D eigenvalue weighted by molar-refractivity contribution is 6.33. The summed E-state index contributed by atoms with van der Waals surface area (Å²) in [5.74, 6) is 0.893. The molecule has 0 aliphatic carbocycles. The van der Waals surface area contributed by atoms with Gasteiger partial charge in [-0.3, -0.25) is 4.90 Å². The van der Waals surface area contributed by atoms with Crippen molar-refractivity contribution in [1.29, 1.82) is 10.5 Å². The normalized spacial score (nSPS) is 14.2. The van der Waals surface area contributed by atoms with Gasteiger partial charge in [0.2, 0.25) is 0 Å². The number of benzene rings is 1. The van der Waals surface area contributed by atoms with Crippen LogP contribution in [0, 0.1) is 22.7 Å². The summed E-state index contributed by atoms with van der Waals surface area (Å²) >= 11 is 6.27. The van der Waals surface area contributed by atoms with Gasteiger partial charge in [-0.2, -0.15) is 20.1 Å². The van der Waals surface area contributed by atoms with Crippen LogP contribution in [0.1, 0.15) is 11.1 Å². The van der Waals surface area contributed by atoms with E-state index >= 15 is 0 Å². The molecule has 30 heavy (non-hydrogen) atoms. The highest BCUT2D eigenvalue weighted by atomic mass is 35.5. The van der Waals surface area contributed by atoms with E-state index < -0.39 is 0 Å². The van der Waals surface area contributed by atoms with Crippen LogP contribution in [0.25, 0.3) is 5.65 Å². The number of aromatic nitrogens is 3. The number of hydrogen-bond donors (Lipinski definition) is 2. The summed E-state index contributed by atoms with van der Waals surface area (Å²) in [7, 11) is 0. The van der Waals surface area contributed by atoms with Crippen molar-refractivity contribution < 1.29 is 4.74 Å². The molecule has 1 saturated heterocycles. The van der Waals surface area contributed by atoms with E-state index in [4.69, 9.17) is 21.6 Å². The molecule has 3 heterocycles. The molecule has 0 saturated carbocycles. The molecule has 2 N–H and O–H groups in total. The predicted octanol–water partition coefficient (Wildman–Crippen LogP) is 2.61. The zero-order valence-corrected chi connectivity index (χ0v) is 16.9. The van der Waals surface area contributed by atoms with Crippen molar-refractivity contribution >= 4 is 34.6 Å². The number of nitrogens with one attached hydrogen (secondary N) is 2. The van der Waals surface area contributed by atoms with Gasteiger partial charge in [0, 0.05) is 31.9 Å². The Morgan fingerprint density at radius 3 is 2.60 bits per heavy atom. The SMILES string of the molecule is N#Cc1ccc(Nc2c(C#N)c(NCCN3CCOCC3)nc3c(Cl)cnn23)cc1. The van der Waals surface area contributed by atoms with Gasteiger partial charge in [-0.15, -0.1) is 0 Å². The molecule has 0 bridgehead atoms. The molecule has 10 heteroatoms. The summed E-state index contributed by atoms with van der Waals surface area (Å²) in [5.41, 5.74) is 2.03. The lowest BCUT2D eigenvalue weighted by atomic mass is 10.2. The van der Waals surface area contributed by atoms with Gasteiger partial charge in [0.15, 0.2) is 11.5 Å². The Labute approximate surface area is 178 Å². The van der Waals surface area contributed by atoms with E-state index in [9.17, 15) is 5.26 Å². The van der Waals surface area contributed by atoms with E-state index in [-0.39, 0.29) is 0 Å². The van der Waals surface area contributed by atoms with Crippen LogP contribution in [0.2, 0.25) is 5.02 Å². The maximum atomic E-state index is 9.86. The number of anilines is 3. The Hall–Kier alpha value is -3.37. The molecule has 0 spiro atoms. The lowest BCUT2D eigenvalue weighted by Gasteiger charge is -2.26. The molecule has 152 valence electrons. The van der Waals surface area contributed by atoms with E-state index in [0.717, 1.165) is 32.8 Å². The molecule has 1 aliphatic rings. The van der Waals surface area contributed by atoms with Gasteiger partial charge < -0.3 is 15.4 Å². The average Bonchev–Trinajstić information content (AvgIpc) is 3.15. The Morgan fingerprint density at radius 2 is 1.90 bits per heavy atom. The van der Waals surface area contributed by atoms with E-state index in [1.54, 1.807) is 24.3 Å². The second kappa shape index (κ2) is 8.97. The standard InChI is InChI=1S/C20H19ClN8O/c21-17-13-25-29-19(26-15-3-1-14(11-22)2-4-15)16(12-23)18(27-20(17)29)24-5-6-28-7-9-30-10-8-28/h1-4,13,26H,5-10H2,(H,24,27). The zero-order chi connectivity index (χ0) is 20.9. The molecule has 0 amide bonds. The van der Waals surface area contributed by atoms with Gasteiger partial charge in [-0.1, -0.05) is 11.6 Å². The second-order valence-corrected chi connectivity index (χ2v) is 7.13. The first-order valence-corrected chi connectivity index (χ1v) is 9.86. The van der Waals surface area contributed by atoms with Crippen LogP contribution in [0.4, 0.5) is 17.3 Å². The van der Waals surface area contributed by atoms with E-state index in [0.29, 0.717) is 45.7 Å². The fraction of sp³-hybridized carbons (Fsp3) is 0.300. The molecular weight excluding hydrogens is 404 g/mol. The number of morpholine rings is 1. The predicted molar refractivity (Wildman–Crippen MR) is 113 cm³/mol. The van der Waals surface area contributed by atoms with E-state index in [2.05, 4.69) is 37.8 Å². The quantitative estimate of drug-likeness (QED) is 0.623. The van der Waals surface area contributed by atoms with Crippen molar-refractivity contribution in [1.82, 2.24) is 19.5 Å². The van der Waals surface area contributed by atoms with Gasteiger partial charge in [-0.05, 0) is 24.3 Å². The van der Waals surface area contributed by atoms with Crippen molar-refractivity contribution in [3.63, 3.8) is 0 Å². The third-order valence-corrected chi connectivity index (χ3v) is 5.08. The van der Waals surface area contributed by atoms with Crippen molar-refractivity contribution in [2.75, 3.05) is 50.0 Å². The molecule has 9 nitrogen and oxygen atoms in total. The molecule has 1 aromatic carbocycles. The van der Waals surface area contributed by atoms with Gasteiger partial charge in [0.25, 0.3) is 0 Å². The van der Waals surface area contributed by atoms with E-state index in [1.165, 1.54) is 10.7 Å². The molecule has 3 aromatic rings. The molecule has 0 atom stereocenters. The van der Waals surface area contributed by atoms with Crippen molar-refractivity contribution in [2.45, 2.75) is 0 Å². The number of halogens is 1. The minimum Gasteiger partial charge on any atom is -0.379 e. The Balaban J connectivity index is 1.63. The number of ether oxygens (including phenoxy) is 1. The maximum Gasteiger partial charge on any atom is 0.178 e. The minimum absolute atomic E-state index is 0.327. The first-order chi connectivity index (χ1) is 14.7. The molecular formula is C20H19ClN8O. The molecule has 4 rings (SSSR count). The third kappa shape index (κ3) is 4.14. The molecule has 0 unspecified atom stereocenters. The number of nitriles is 2. The van der Waals surface area contributed by atoms with Crippen LogP contribution in [-0.4, -0.2) is 58.9 Å². The summed E-state index contributed by atoms with van der Waals surface area (Å²) in [6.45, 7) is 4.68. The Kier molecular flexibility index (Phi) is 5.96. The summed E-state index contributed by atoms with van der Waals surface area (Å²) in [6.07, 6.45) is 1.49. The van der Waals surface area contributed by atoms with Gasteiger partial charge >= 0.3 is 0 Å². The van der Waals surface area contributed by atoms with Crippen LogP contribution < -0.4 is 10.6 Å². The Morgan fingerprint density at radius 1 is 1.13 bits per heavy atom. The second-order valence-electron chi connectivity index (χ2n) is 6.72. The molecule has 1 fully saturated rings. The minimum atomic E-state index is 0.327. The van der Waals surface area contributed by atoms with Gasteiger partial charge in [0.05, 0.1) is 31.0 Å². The number of nitrogens with zero attached hydrogens (tertiary/aromatic N) is 6. The summed E-state index contributed by atoms with van der Waals surface area (Å²) in [5, 5.41) is 30.0. The smallest absolute Gasteiger partial charge is 0.178 e. The zero-order valence-electron chi connectivity index (χ0n) is 16.1. The van der Waals surface area contributed by atoms with Crippen molar-refractivity contribution in [3.05, 3.63) is 46.6 Å². The highest BCUT2D eigenvalue weighted by Gasteiger charge is 2.19. The van der Waals surface area contributed by atoms with E-state index in [1.807, 2.05) is 0 Å². The fourth-order valence-corrected chi connectivity index (χ4v) is 3.40. The van der Waals surface area contributed by atoms with Gasteiger partial charge in [0.1, 0.15) is 22.5 Å².